The van der Waals surface area contributed by atoms with Crippen molar-refractivity contribution in [3.63, 3.8) is 0 Å². The Bertz CT molecular complexity index is 860. The Kier molecular flexibility index (Phi) is 3.36. The van der Waals surface area contributed by atoms with E-state index in [4.69, 9.17) is 23.8 Å². The first-order valence-electron chi connectivity index (χ1n) is 5.86. The second-order valence-corrected chi connectivity index (χ2v) is 5.07. The van der Waals surface area contributed by atoms with Crippen LogP contribution in [0, 0.1) is 10.1 Å². The fraction of sp³-hybridized carbons (Fsp3) is 0. The van der Waals surface area contributed by atoms with Gasteiger partial charge >= 0.3 is 0 Å². The van der Waals surface area contributed by atoms with Gasteiger partial charge in [-0.3, -0.25) is 10.1 Å². The molecule has 0 aliphatic heterocycles. The highest BCUT2D eigenvalue weighted by molar-refractivity contribution is 7.80. The van der Waals surface area contributed by atoms with Gasteiger partial charge in [-0.15, -0.1) is 5.10 Å². The molecule has 0 amide bonds. The molecule has 0 unspecified atom stereocenters. The maximum atomic E-state index is 10.9. The zero-order valence-electron chi connectivity index (χ0n) is 10.4. The predicted molar refractivity (Wildman–Crippen MR) is 82.7 cm³/mol. The molecule has 21 heavy (non-hydrogen) atoms. The van der Waals surface area contributed by atoms with E-state index in [-0.39, 0.29) is 5.69 Å². The van der Waals surface area contributed by atoms with Gasteiger partial charge in [-0.25, -0.2) is 4.68 Å². The Balaban J connectivity index is 2.11. The molecule has 1 heterocycles. The number of hydrogen-bond donors (Lipinski definition) is 0. The third-order valence-electron chi connectivity index (χ3n) is 2.92. The molecular weight excluding hydrogens is 312 g/mol. The van der Waals surface area contributed by atoms with Crippen molar-refractivity contribution >= 4 is 45.5 Å². The quantitative estimate of drug-likeness (QED) is 0.412. The van der Waals surface area contributed by atoms with Gasteiger partial charge < -0.3 is 0 Å². The van der Waals surface area contributed by atoms with Gasteiger partial charge in [-0.2, -0.15) is 0 Å². The van der Waals surface area contributed by atoms with E-state index in [0.717, 1.165) is 5.56 Å². The predicted octanol–water partition coefficient (Wildman–Crippen LogP) is 3.22. The normalized spacial score (nSPS) is 10.7. The zero-order chi connectivity index (χ0) is 15.0. The van der Waals surface area contributed by atoms with Crippen LogP contribution in [-0.4, -0.2) is 24.9 Å². The number of aromatic nitrogens is 3. The van der Waals surface area contributed by atoms with Crippen LogP contribution in [0.1, 0.15) is 5.56 Å². The van der Waals surface area contributed by atoms with Gasteiger partial charge in [0.25, 0.3) is 5.69 Å². The Labute approximate surface area is 129 Å². The van der Waals surface area contributed by atoms with Gasteiger partial charge in [-0.1, -0.05) is 41.2 Å². The minimum Gasteiger partial charge on any atom is -0.258 e. The highest BCUT2D eigenvalue weighted by Crippen LogP contribution is 2.20. The van der Waals surface area contributed by atoms with Crippen LogP contribution in [0.5, 0.6) is 0 Å². The first kappa shape index (κ1) is 13.6. The maximum Gasteiger partial charge on any atom is 0.271 e. The van der Waals surface area contributed by atoms with Crippen LogP contribution in [0.3, 0.4) is 0 Å². The van der Waals surface area contributed by atoms with Crippen LogP contribution >= 0.6 is 23.8 Å². The maximum absolute atomic E-state index is 10.9. The monoisotopic (exact) mass is 318 g/mol. The van der Waals surface area contributed by atoms with E-state index in [1.54, 1.807) is 30.3 Å². The topological polar surface area (TPSA) is 73.8 Å². The minimum absolute atomic E-state index is 0.0371. The first-order chi connectivity index (χ1) is 10.1. The molecule has 0 atom stereocenters. The molecule has 0 spiro atoms. The van der Waals surface area contributed by atoms with E-state index in [1.807, 2.05) is 0 Å². The zero-order valence-corrected chi connectivity index (χ0v) is 12.0. The standard InChI is InChI=1S/C13H7ClN4O2S/c14-9-3-1-8(2-4-9)13(21)17-12-7-10(18(19)20)5-6-11(12)15-16-17/h1-7H. The third-order valence-corrected chi connectivity index (χ3v) is 3.58. The van der Waals surface area contributed by atoms with Crippen molar-refractivity contribution in [1.29, 1.82) is 0 Å². The first-order valence-corrected chi connectivity index (χ1v) is 6.65. The van der Waals surface area contributed by atoms with Crippen LogP contribution in [0.4, 0.5) is 5.69 Å². The highest BCUT2D eigenvalue weighted by Gasteiger charge is 2.14. The molecule has 1 aromatic heterocycles. The molecule has 8 heteroatoms. The van der Waals surface area contributed by atoms with Crippen molar-refractivity contribution in [3.8, 4) is 0 Å². The van der Waals surface area contributed by atoms with Crippen LogP contribution in [0.25, 0.3) is 11.0 Å². The van der Waals surface area contributed by atoms with Crippen LogP contribution in [0.15, 0.2) is 42.5 Å². The van der Waals surface area contributed by atoms with Gasteiger partial charge in [0.2, 0.25) is 0 Å². The van der Waals surface area contributed by atoms with Gasteiger partial charge in [0.05, 0.1) is 4.92 Å². The number of nitro benzene ring substituents is 1. The lowest BCUT2D eigenvalue weighted by Gasteiger charge is -2.04. The van der Waals surface area contributed by atoms with Crippen LogP contribution in [0.2, 0.25) is 5.02 Å². The number of fused-ring (bicyclic) bond motifs is 1. The summed E-state index contributed by atoms with van der Waals surface area (Å²) in [6.07, 6.45) is 0. The second kappa shape index (κ2) is 5.19. The number of halogens is 1. The number of hydrogen-bond acceptors (Lipinski definition) is 5. The fourth-order valence-corrected chi connectivity index (χ4v) is 2.28. The van der Waals surface area contributed by atoms with Gasteiger partial charge in [-0.05, 0) is 18.2 Å². The molecule has 0 bridgehead atoms. The van der Waals surface area contributed by atoms with Crippen molar-refractivity contribution in [2.24, 2.45) is 0 Å². The summed E-state index contributed by atoms with van der Waals surface area (Å²) in [5.74, 6) is 0. The van der Waals surface area contributed by atoms with Crippen LogP contribution in [-0.2, 0) is 0 Å². The molecule has 0 saturated carbocycles. The van der Waals surface area contributed by atoms with E-state index in [0.29, 0.717) is 21.0 Å². The van der Waals surface area contributed by atoms with Gasteiger partial charge in [0.15, 0.2) is 0 Å². The molecule has 6 nitrogen and oxygen atoms in total. The molecule has 3 rings (SSSR count). The number of non-ortho nitro benzene ring substituents is 1. The fourth-order valence-electron chi connectivity index (χ4n) is 1.89. The van der Waals surface area contributed by atoms with Crippen molar-refractivity contribution in [2.45, 2.75) is 0 Å². The van der Waals surface area contributed by atoms with E-state index in [1.165, 1.54) is 16.8 Å². The molecule has 0 fully saturated rings. The average Bonchev–Trinajstić information content (AvgIpc) is 2.90. The summed E-state index contributed by atoms with van der Waals surface area (Å²) >= 11 is 11.2. The van der Waals surface area contributed by atoms with Crippen molar-refractivity contribution in [1.82, 2.24) is 15.0 Å². The molecular formula is C13H7ClN4O2S. The number of thiocarbonyl (C=S) groups is 1. The average molecular weight is 319 g/mol. The summed E-state index contributed by atoms with van der Waals surface area (Å²) in [4.78, 5) is 10.8. The van der Waals surface area contributed by atoms with Crippen molar-refractivity contribution < 1.29 is 4.92 Å². The van der Waals surface area contributed by atoms with Crippen LogP contribution < -0.4 is 0 Å². The largest absolute Gasteiger partial charge is 0.271 e. The summed E-state index contributed by atoms with van der Waals surface area (Å²) in [6.45, 7) is 0. The molecule has 2 aromatic carbocycles. The van der Waals surface area contributed by atoms with Gasteiger partial charge in [0, 0.05) is 22.7 Å². The Hall–Kier alpha value is -2.38. The lowest BCUT2D eigenvalue weighted by Crippen LogP contribution is -2.12. The Morgan fingerprint density at radius 1 is 1.24 bits per heavy atom. The molecule has 0 saturated heterocycles. The van der Waals surface area contributed by atoms with E-state index in [2.05, 4.69) is 10.3 Å². The number of nitrogens with zero attached hydrogens (tertiary/aromatic N) is 4. The summed E-state index contributed by atoms with van der Waals surface area (Å²) in [6, 6.07) is 11.3. The Morgan fingerprint density at radius 2 is 1.95 bits per heavy atom. The van der Waals surface area contributed by atoms with E-state index >= 15 is 0 Å². The molecule has 0 aliphatic rings. The lowest BCUT2D eigenvalue weighted by atomic mass is 10.2. The minimum atomic E-state index is -0.470. The molecule has 0 N–H and O–H groups in total. The van der Waals surface area contributed by atoms with Crippen molar-refractivity contribution in [2.75, 3.05) is 0 Å². The molecule has 104 valence electrons. The Morgan fingerprint density at radius 3 is 2.62 bits per heavy atom. The summed E-state index contributed by atoms with van der Waals surface area (Å²) < 4.78 is 1.40. The second-order valence-electron chi connectivity index (χ2n) is 4.24. The lowest BCUT2D eigenvalue weighted by molar-refractivity contribution is -0.384. The third kappa shape index (κ3) is 2.48. The molecule has 3 aromatic rings. The SMILES string of the molecule is O=[N+]([O-])c1ccc2nnn(C(=S)c3ccc(Cl)cc3)c2c1. The van der Waals surface area contributed by atoms with E-state index in [9.17, 15) is 10.1 Å². The summed E-state index contributed by atoms with van der Waals surface area (Å²) in [5.41, 5.74) is 1.72. The van der Waals surface area contributed by atoms with Gasteiger partial charge in [0.1, 0.15) is 16.0 Å². The van der Waals surface area contributed by atoms with E-state index < -0.39 is 4.92 Å². The number of benzene rings is 2. The molecule has 0 aliphatic carbocycles. The summed E-state index contributed by atoms with van der Waals surface area (Å²) in [5, 5.41) is 19.4. The summed E-state index contributed by atoms with van der Waals surface area (Å²) in [7, 11) is 0. The van der Waals surface area contributed by atoms with Crippen molar-refractivity contribution in [3.05, 3.63) is 63.2 Å². The number of nitro groups is 1. The highest BCUT2D eigenvalue weighted by atomic mass is 35.5. The molecule has 0 radical (unpaired) electrons. The number of rotatable bonds is 2. The smallest absolute Gasteiger partial charge is 0.258 e.